The van der Waals surface area contributed by atoms with E-state index in [0.29, 0.717) is 54.4 Å². The van der Waals surface area contributed by atoms with Crippen LogP contribution in [0.3, 0.4) is 0 Å². The van der Waals surface area contributed by atoms with Crippen LogP contribution in [-0.4, -0.2) is 30.1 Å². The molecule has 0 amide bonds. The van der Waals surface area contributed by atoms with Crippen LogP contribution in [0.1, 0.15) is 42.0 Å². The number of rotatable bonds is 9. The van der Waals surface area contributed by atoms with Gasteiger partial charge < -0.3 is 14.2 Å². The zero-order chi connectivity index (χ0) is 31.5. The lowest BCUT2D eigenvalue weighted by atomic mass is 9.96. The lowest BCUT2D eigenvalue weighted by Gasteiger charge is -2.18. The molecule has 1 aromatic heterocycles. The molecule has 0 aliphatic carbocycles. The van der Waals surface area contributed by atoms with Crippen LogP contribution in [0, 0.1) is 6.92 Å². The number of benzene rings is 4. The van der Waals surface area contributed by atoms with Crippen LogP contribution in [0.25, 0.3) is 22.3 Å². The number of hydrogen-bond donors (Lipinski definition) is 0. The van der Waals surface area contributed by atoms with Crippen molar-refractivity contribution in [2.75, 3.05) is 14.2 Å². The molecule has 0 aliphatic rings. The molecule has 1 heterocycles. The molecule has 0 atom stereocenters. The topological polar surface area (TPSA) is 74.9 Å². The van der Waals surface area contributed by atoms with E-state index in [4.69, 9.17) is 35.9 Å². The minimum atomic E-state index is -0.284. The van der Waals surface area contributed by atoms with Gasteiger partial charge in [-0.15, -0.1) is 0 Å². The molecule has 0 saturated carbocycles. The second-order valence-corrected chi connectivity index (χ2v) is 12.4. The molecule has 0 radical (unpaired) electrons. The van der Waals surface area contributed by atoms with Crippen LogP contribution in [0.5, 0.6) is 17.2 Å². The molecule has 0 unspecified atom stereocenters. The van der Waals surface area contributed by atoms with Gasteiger partial charge in [0.05, 0.1) is 35.8 Å². The van der Waals surface area contributed by atoms with Gasteiger partial charge in [0, 0.05) is 20.6 Å². The molecule has 4 aromatic carbocycles. The van der Waals surface area contributed by atoms with E-state index in [2.05, 4.69) is 45.7 Å². The van der Waals surface area contributed by atoms with Crippen molar-refractivity contribution in [1.82, 2.24) is 9.66 Å². The van der Waals surface area contributed by atoms with E-state index in [1.165, 1.54) is 4.68 Å². The molecule has 0 bridgehead atoms. The van der Waals surface area contributed by atoms with Gasteiger partial charge in [-0.3, -0.25) is 4.79 Å². The third-order valence-corrected chi connectivity index (χ3v) is 9.57. The number of methoxy groups -OCH3 is 2. The quantitative estimate of drug-likeness (QED) is 0.141. The van der Waals surface area contributed by atoms with Crippen LogP contribution < -0.4 is 19.8 Å². The van der Waals surface area contributed by atoms with Gasteiger partial charge in [0.1, 0.15) is 12.4 Å². The van der Waals surface area contributed by atoms with Crippen molar-refractivity contribution in [1.29, 1.82) is 0 Å². The highest BCUT2D eigenvalue weighted by Crippen LogP contribution is 2.43. The van der Waals surface area contributed by atoms with E-state index in [-0.39, 0.29) is 11.5 Å². The minimum Gasteiger partial charge on any atom is -0.496 e. The molecule has 5 rings (SSSR count). The Morgan fingerprint density at radius 3 is 2.36 bits per heavy atom. The molecule has 0 aliphatic heterocycles. The van der Waals surface area contributed by atoms with E-state index < -0.39 is 0 Å². The summed E-state index contributed by atoms with van der Waals surface area (Å²) in [5.74, 6) is 2.42. The number of hydrogen-bond acceptors (Lipinski definition) is 6. The summed E-state index contributed by atoms with van der Waals surface area (Å²) in [7, 11) is 3.23. The first-order valence-corrected chi connectivity index (χ1v) is 15.8. The Bertz CT molecular complexity index is 1940. The third-order valence-electron chi connectivity index (χ3n) is 7.18. The van der Waals surface area contributed by atoms with Crippen LogP contribution in [0.15, 0.2) is 85.6 Å². The van der Waals surface area contributed by atoms with Gasteiger partial charge in [-0.25, -0.2) is 4.98 Å². The van der Waals surface area contributed by atoms with Crippen molar-refractivity contribution in [3.05, 3.63) is 113 Å². The first-order valence-electron chi connectivity index (χ1n) is 13.8. The molecule has 0 saturated heterocycles. The first kappa shape index (κ1) is 31.8. The van der Waals surface area contributed by atoms with Crippen LogP contribution >= 0.6 is 43.5 Å². The predicted octanol–water partition coefficient (Wildman–Crippen LogP) is 9.15. The van der Waals surface area contributed by atoms with Gasteiger partial charge in [-0.1, -0.05) is 49.7 Å². The van der Waals surface area contributed by atoms with Gasteiger partial charge in [0.25, 0.3) is 5.56 Å². The number of ether oxygens (including phenoxy) is 3. The maximum Gasteiger partial charge on any atom is 0.282 e. The Hall–Kier alpha value is -3.66. The highest BCUT2D eigenvalue weighted by Gasteiger charge is 2.20. The van der Waals surface area contributed by atoms with Gasteiger partial charge in [-0.2, -0.15) is 9.78 Å². The first-order chi connectivity index (χ1) is 21.1. The molecule has 10 heteroatoms. The highest BCUT2D eigenvalue weighted by atomic mass is 79.9. The van der Waals surface area contributed by atoms with E-state index in [1.54, 1.807) is 32.6 Å². The molecular weight excluding hydrogens is 710 g/mol. The van der Waals surface area contributed by atoms with E-state index in [0.717, 1.165) is 28.0 Å². The Labute approximate surface area is 277 Å². The second kappa shape index (κ2) is 13.5. The number of para-hydroxylation sites is 1. The van der Waals surface area contributed by atoms with Crippen molar-refractivity contribution in [2.24, 2.45) is 5.10 Å². The summed E-state index contributed by atoms with van der Waals surface area (Å²) in [6.07, 6.45) is 1.60. The molecular formula is C34H30Br2ClN3O4. The average Bonchev–Trinajstić information content (AvgIpc) is 3.02. The Morgan fingerprint density at radius 1 is 0.977 bits per heavy atom. The SMILES string of the molecule is COc1cc(C)c(-c2nc3ccccc3c(=O)n2N=Cc2cc(OC)c(OCc3ccc(Cl)cc3)c(Br)c2Br)cc1C(C)C. The second-order valence-electron chi connectivity index (χ2n) is 10.4. The fourth-order valence-electron chi connectivity index (χ4n) is 4.81. The fraction of sp³-hybridized carbons (Fsp3) is 0.206. The summed E-state index contributed by atoms with van der Waals surface area (Å²) >= 11 is 13.3. The smallest absolute Gasteiger partial charge is 0.282 e. The largest absolute Gasteiger partial charge is 0.496 e. The number of aromatic nitrogens is 2. The lowest BCUT2D eigenvalue weighted by molar-refractivity contribution is 0.282. The van der Waals surface area contributed by atoms with Crippen LogP contribution in [0.2, 0.25) is 5.02 Å². The van der Waals surface area contributed by atoms with E-state index in [1.807, 2.05) is 61.5 Å². The van der Waals surface area contributed by atoms with Crippen molar-refractivity contribution < 1.29 is 14.2 Å². The summed E-state index contributed by atoms with van der Waals surface area (Å²) in [6, 6.07) is 20.5. The minimum absolute atomic E-state index is 0.189. The molecule has 7 nitrogen and oxygen atoms in total. The van der Waals surface area contributed by atoms with Crippen LogP contribution in [-0.2, 0) is 6.61 Å². The average molecular weight is 740 g/mol. The molecule has 44 heavy (non-hydrogen) atoms. The van der Waals surface area contributed by atoms with Crippen molar-refractivity contribution in [3.8, 4) is 28.6 Å². The zero-order valence-corrected chi connectivity index (χ0v) is 28.7. The maximum atomic E-state index is 13.9. The van der Waals surface area contributed by atoms with Gasteiger partial charge >= 0.3 is 0 Å². The fourth-order valence-corrected chi connectivity index (χ4v) is 5.87. The molecule has 226 valence electrons. The number of fused-ring (bicyclic) bond motifs is 1. The van der Waals surface area contributed by atoms with Gasteiger partial charge in [0.2, 0.25) is 0 Å². The number of aryl methyl sites for hydroxylation is 1. The van der Waals surface area contributed by atoms with E-state index >= 15 is 0 Å². The van der Waals surface area contributed by atoms with Gasteiger partial charge in [0.15, 0.2) is 17.3 Å². The standard InChI is InChI=1S/C34H30Br2ClN3O4/c1-19(2)25-16-26(20(3)14-28(25)42-4)33-39-27-9-7-6-8-24(27)34(41)40(33)38-17-22-15-29(43-5)32(31(36)30(22)35)44-18-21-10-12-23(37)13-11-21/h6-17,19H,18H2,1-5H3. The van der Waals surface area contributed by atoms with Gasteiger partial charge in [-0.05, 0) is 104 Å². The number of halogens is 3. The molecule has 0 N–H and O–H groups in total. The molecule has 0 fully saturated rings. The predicted molar refractivity (Wildman–Crippen MR) is 184 cm³/mol. The Morgan fingerprint density at radius 2 is 1.68 bits per heavy atom. The third kappa shape index (κ3) is 6.41. The van der Waals surface area contributed by atoms with Crippen molar-refractivity contribution in [3.63, 3.8) is 0 Å². The summed E-state index contributed by atoms with van der Waals surface area (Å²) < 4.78 is 20.1. The maximum absolute atomic E-state index is 13.9. The molecule has 5 aromatic rings. The zero-order valence-electron chi connectivity index (χ0n) is 24.8. The Kier molecular flexibility index (Phi) is 9.78. The van der Waals surface area contributed by atoms with Crippen molar-refractivity contribution >= 4 is 60.6 Å². The van der Waals surface area contributed by atoms with Crippen molar-refractivity contribution in [2.45, 2.75) is 33.3 Å². The highest BCUT2D eigenvalue weighted by molar-refractivity contribution is 9.13. The Balaban J connectivity index is 1.62. The van der Waals surface area contributed by atoms with E-state index in [9.17, 15) is 4.79 Å². The summed E-state index contributed by atoms with van der Waals surface area (Å²) in [5.41, 5.74) is 4.63. The molecule has 0 spiro atoms. The summed E-state index contributed by atoms with van der Waals surface area (Å²) in [6.45, 7) is 6.48. The normalized spacial score (nSPS) is 11.5. The summed E-state index contributed by atoms with van der Waals surface area (Å²) in [5, 5.41) is 5.82. The monoisotopic (exact) mass is 737 g/mol. The summed E-state index contributed by atoms with van der Waals surface area (Å²) in [4.78, 5) is 18.8. The number of nitrogens with zero attached hydrogens (tertiary/aromatic N) is 3. The lowest BCUT2D eigenvalue weighted by Crippen LogP contribution is -2.21. The van der Waals surface area contributed by atoms with Crippen LogP contribution in [0.4, 0.5) is 0 Å².